The van der Waals surface area contributed by atoms with E-state index in [1.54, 1.807) is 4.90 Å². The Morgan fingerprint density at radius 2 is 2.10 bits per heavy atom. The number of aryl methyl sites for hydroxylation is 1. The Bertz CT molecular complexity index is 515. The Morgan fingerprint density at radius 1 is 1.33 bits per heavy atom. The van der Waals surface area contributed by atoms with Gasteiger partial charge in [0.15, 0.2) is 6.61 Å². The van der Waals surface area contributed by atoms with Gasteiger partial charge in [0.25, 0.3) is 5.91 Å². The van der Waals surface area contributed by atoms with Gasteiger partial charge in [-0.3, -0.25) is 9.59 Å². The molecule has 1 N–H and O–H groups in total. The fourth-order valence-corrected chi connectivity index (χ4v) is 2.68. The van der Waals surface area contributed by atoms with Crippen LogP contribution in [0.5, 0.6) is 5.75 Å². The molecule has 1 saturated heterocycles. The van der Waals surface area contributed by atoms with Crippen molar-refractivity contribution < 1.29 is 19.4 Å². The average molecular weight is 291 g/mol. The summed E-state index contributed by atoms with van der Waals surface area (Å²) in [7, 11) is 0. The molecule has 5 heteroatoms. The number of carbonyl (C=O) groups excluding carboxylic acids is 1. The van der Waals surface area contributed by atoms with Crippen LogP contribution in [-0.2, 0) is 9.59 Å². The lowest BCUT2D eigenvalue weighted by Crippen LogP contribution is -2.46. The molecule has 0 aliphatic carbocycles. The van der Waals surface area contributed by atoms with Crippen LogP contribution in [0, 0.1) is 6.92 Å². The standard InChI is InChI=1S/C16H21NO4/c1-12-6-2-3-8-14(12)21-11-15(18)17-9-5-4-7-13(17)10-16(19)20/h2-3,6,8,13H,4-5,7,9-11H2,1H3,(H,19,20). The number of nitrogens with zero attached hydrogens (tertiary/aromatic N) is 1. The molecule has 1 unspecified atom stereocenters. The molecule has 0 radical (unpaired) electrons. The number of carbonyl (C=O) groups is 2. The molecule has 1 aliphatic rings. The van der Waals surface area contributed by atoms with Crippen LogP contribution in [0.2, 0.25) is 0 Å². The van der Waals surface area contributed by atoms with Crippen LogP contribution in [0.3, 0.4) is 0 Å². The number of aliphatic carboxylic acids is 1. The Hall–Kier alpha value is -2.04. The largest absolute Gasteiger partial charge is 0.484 e. The van der Waals surface area contributed by atoms with Crippen LogP contribution in [0.25, 0.3) is 0 Å². The van der Waals surface area contributed by atoms with E-state index in [0.29, 0.717) is 12.3 Å². The Balaban J connectivity index is 1.94. The topological polar surface area (TPSA) is 66.8 Å². The van der Waals surface area contributed by atoms with Crippen molar-refractivity contribution in [2.75, 3.05) is 13.2 Å². The van der Waals surface area contributed by atoms with E-state index in [-0.39, 0.29) is 25.0 Å². The summed E-state index contributed by atoms with van der Waals surface area (Å²) in [5.41, 5.74) is 0.978. The minimum Gasteiger partial charge on any atom is -0.484 e. The van der Waals surface area contributed by atoms with Gasteiger partial charge in [-0.05, 0) is 37.8 Å². The van der Waals surface area contributed by atoms with E-state index >= 15 is 0 Å². The third-order valence-corrected chi connectivity index (χ3v) is 3.80. The van der Waals surface area contributed by atoms with E-state index in [1.807, 2.05) is 31.2 Å². The first-order valence-electron chi connectivity index (χ1n) is 7.27. The van der Waals surface area contributed by atoms with Crippen molar-refractivity contribution in [2.24, 2.45) is 0 Å². The number of para-hydroxylation sites is 1. The highest BCUT2D eigenvalue weighted by Gasteiger charge is 2.28. The quantitative estimate of drug-likeness (QED) is 0.903. The molecule has 21 heavy (non-hydrogen) atoms. The third-order valence-electron chi connectivity index (χ3n) is 3.80. The molecule has 0 aromatic heterocycles. The summed E-state index contributed by atoms with van der Waals surface area (Å²) in [6.45, 7) is 2.50. The molecule has 0 bridgehead atoms. The van der Waals surface area contributed by atoms with Crippen molar-refractivity contribution in [3.8, 4) is 5.75 Å². The molecule has 1 aliphatic heterocycles. The summed E-state index contributed by atoms with van der Waals surface area (Å²) in [6.07, 6.45) is 2.66. The zero-order valence-electron chi connectivity index (χ0n) is 12.2. The van der Waals surface area contributed by atoms with E-state index in [1.165, 1.54) is 0 Å². The molecule has 1 aromatic rings. The van der Waals surface area contributed by atoms with Gasteiger partial charge in [-0.2, -0.15) is 0 Å². The molecule has 1 fully saturated rings. The molecule has 1 aromatic carbocycles. The second-order valence-electron chi connectivity index (χ2n) is 5.39. The summed E-state index contributed by atoms with van der Waals surface area (Å²) in [5, 5.41) is 8.94. The summed E-state index contributed by atoms with van der Waals surface area (Å²) in [6, 6.07) is 7.32. The molecular weight excluding hydrogens is 270 g/mol. The number of benzene rings is 1. The number of likely N-dealkylation sites (tertiary alicyclic amines) is 1. The number of hydrogen-bond donors (Lipinski definition) is 1. The van der Waals surface area contributed by atoms with Crippen LogP contribution >= 0.6 is 0 Å². The number of ether oxygens (including phenoxy) is 1. The third kappa shape index (κ3) is 4.21. The summed E-state index contributed by atoms with van der Waals surface area (Å²) in [5.74, 6) is -0.304. The van der Waals surface area contributed by atoms with Crippen molar-refractivity contribution in [3.63, 3.8) is 0 Å². The van der Waals surface area contributed by atoms with Crippen molar-refractivity contribution in [3.05, 3.63) is 29.8 Å². The number of carboxylic acid groups (broad SMARTS) is 1. The lowest BCUT2D eigenvalue weighted by molar-refractivity contribution is -0.142. The highest BCUT2D eigenvalue weighted by Crippen LogP contribution is 2.21. The average Bonchev–Trinajstić information content (AvgIpc) is 2.46. The summed E-state index contributed by atoms with van der Waals surface area (Å²) < 4.78 is 5.57. The second-order valence-corrected chi connectivity index (χ2v) is 5.39. The van der Waals surface area contributed by atoms with E-state index in [4.69, 9.17) is 9.84 Å². The Labute approximate surface area is 124 Å². The van der Waals surface area contributed by atoms with Gasteiger partial charge in [-0.1, -0.05) is 18.2 Å². The van der Waals surface area contributed by atoms with E-state index in [2.05, 4.69) is 0 Å². The molecule has 2 rings (SSSR count). The predicted molar refractivity (Wildman–Crippen MR) is 78.3 cm³/mol. The van der Waals surface area contributed by atoms with Crippen LogP contribution < -0.4 is 4.74 Å². The normalized spacial score (nSPS) is 18.3. The van der Waals surface area contributed by atoms with Crippen molar-refractivity contribution in [1.29, 1.82) is 0 Å². The molecule has 114 valence electrons. The maximum atomic E-state index is 12.3. The second kappa shape index (κ2) is 7.11. The van der Waals surface area contributed by atoms with Gasteiger partial charge in [0.2, 0.25) is 0 Å². The van der Waals surface area contributed by atoms with E-state index < -0.39 is 5.97 Å². The zero-order valence-corrected chi connectivity index (χ0v) is 12.2. The fourth-order valence-electron chi connectivity index (χ4n) is 2.68. The van der Waals surface area contributed by atoms with Crippen molar-refractivity contribution in [2.45, 2.75) is 38.6 Å². The molecule has 1 heterocycles. The minimum absolute atomic E-state index is 0.0100. The molecule has 0 saturated carbocycles. The fraction of sp³-hybridized carbons (Fsp3) is 0.500. The Morgan fingerprint density at radius 3 is 2.81 bits per heavy atom. The number of piperidine rings is 1. The lowest BCUT2D eigenvalue weighted by atomic mass is 9.99. The molecule has 1 amide bonds. The van der Waals surface area contributed by atoms with Gasteiger partial charge in [0, 0.05) is 12.6 Å². The number of amides is 1. The van der Waals surface area contributed by atoms with Crippen LogP contribution in [-0.4, -0.2) is 41.1 Å². The smallest absolute Gasteiger partial charge is 0.305 e. The van der Waals surface area contributed by atoms with Crippen LogP contribution in [0.15, 0.2) is 24.3 Å². The molecule has 1 atom stereocenters. The van der Waals surface area contributed by atoms with E-state index in [9.17, 15) is 9.59 Å². The van der Waals surface area contributed by atoms with Crippen LogP contribution in [0.4, 0.5) is 0 Å². The zero-order chi connectivity index (χ0) is 15.2. The van der Waals surface area contributed by atoms with Gasteiger partial charge in [0.1, 0.15) is 5.75 Å². The van der Waals surface area contributed by atoms with Gasteiger partial charge >= 0.3 is 5.97 Å². The SMILES string of the molecule is Cc1ccccc1OCC(=O)N1CCCCC1CC(=O)O. The highest BCUT2D eigenvalue weighted by molar-refractivity contribution is 5.79. The van der Waals surface area contributed by atoms with Gasteiger partial charge in [-0.25, -0.2) is 0 Å². The first-order valence-corrected chi connectivity index (χ1v) is 7.27. The first kappa shape index (κ1) is 15.4. The molecular formula is C16H21NO4. The van der Waals surface area contributed by atoms with Crippen LogP contribution in [0.1, 0.15) is 31.2 Å². The summed E-state index contributed by atoms with van der Waals surface area (Å²) in [4.78, 5) is 24.8. The molecule has 0 spiro atoms. The van der Waals surface area contributed by atoms with Gasteiger partial charge in [-0.15, -0.1) is 0 Å². The Kier molecular flexibility index (Phi) is 5.20. The van der Waals surface area contributed by atoms with Crippen molar-refractivity contribution in [1.82, 2.24) is 4.90 Å². The number of hydrogen-bond acceptors (Lipinski definition) is 3. The van der Waals surface area contributed by atoms with Gasteiger partial charge < -0.3 is 14.7 Å². The predicted octanol–water partition coefficient (Wildman–Crippen LogP) is 2.23. The number of rotatable bonds is 5. The summed E-state index contributed by atoms with van der Waals surface area (Å²) >= 11 is 0. The minimum atomic E-state index is -0.862. The maximum absolute atomic E-state index is 12.3. The van der Waals surface area contributed by atoms with Crippen molar-refractivity contribution >= 4 is 11.9 Å². The maximum Gasteiger partial charge on any atom is 0.305 e. The number of carboxylic acids is 1. The van der Waals surface area contributed by atoms with E-state index in [0.717, 1.165) is 24.8 Å². The first-order chi connectivity index (χ1) is 10.1. The highest BCUT2D eigenvalue weighted by atomic mass is 16.5. The van der Waals surface area contributed by atoms with Gasteiger partial charge in [0.05, 0.1) is 6.42 Å². The molecule has 5 nitrogen and oxygen atoms in total. The monoisotopic (exact) mass is 291 g/mol. The lowest BCUT2D eigenvalue weighted by Gasteiger charge is -2.34.